The number of benzene rings is 2. The first kappa shape index (κ1) is 19.5. The van der Waals surface area contributed by atoms with Crippen molar-refractivity contribution in [3.8, 4) is 11.3 Å². The number of thiocarbonyl (C=S) groups is 1. The van der Waals surface area contributed by atoms with Crippen LogP contribution in [-0.4, -0.2) is 10.1 Å². The number of hydrogen-bond acceptors (Lipinski definition) is 2. The van der Waals surface area contributed by atoms with Crippen molar-refractivity contribution < 1.29 is 8.78 Å². The zero-order valence-electron chi connectivity index (χ0n) is 13.8. The average Bonchev–Trinajstić information content (AvgIpc) is 2.64. The van der Waals surface area contributed by atoms with Crippen LogP contribution in [-0.2, 0) is 6.54 Å². The van der Waals surface area contributed by atoms with Crippen LogP contribution in [0.4, 0.5) is 14.5 Å². The first-order valence-electron chi connectivity index (χ1n) is 7.84. The molecular weight excluding hydrogens is 411 g/mol. The van der Waals surface area contributed by atoms with Crippen LogP contribution in [0.2, 0.25) is 10.0 Å². The van der Waals surface area contributed by atoms with E-state index in [1.54, 1.807) is 36.5 Å². The summed E-state index contributed by atoms with van der Waals surface area (Å²) < 4.78 is 27.3. The minimum atomic E-state index is -0.679. The number of aromatic nitrogens is 1. The number of halogens is 4. The number of anilines is 1. The number of rotatable bonds is 4. The van der Waals surface area contributed by atoms with Gasteiger partial charge in [-0.05, 0) is 48.1 Å². The predicted molar refractivity (Wildman–Crippen MR) is 109 cm³/mol. The molecule has 0 saturated carbocycles. The lowest BCUT2D eigenvalue weighted by molar-refractivity contribution is 0.585. The van der Waals surface area contributed by atoms with E-state index in [1.165, 1.54) is 12.1 Å². The van der Waals surface area contributed by atoms with Crippen LogP contribution in [0.3, 0.4) is 0 Å². The summed E-state index contributed by atoms with van der Waals surface area (Å²) in [4.78, 5) is 4.22. The van der Waals surface area contributed by atoms with Crippen molar-refractivity contribution in [1.29, 1.82) is 0 Å². The van der Waals surface area contributed by atoms with E-state index >= 15 is 0 Å². The van der Waals surface area contributed by atoms with Crippen LogP contribution in [0.1, 0.15) is 5.56 Å². The summed E-state index contributed by atoms with van der Waals surface area (Å²) in [7, 11) is 0. The van der Waals surface area contributed by atoms with Crippen LogP contribution >= 0.6 is 35.4 Å². The SMILES string of the molecule is Fc1ccc(-c2ncccc2CNC(=S)Nc2cccc(Cl)c2Cl)c(F)c1. The molecule has 1 heterocycles. The molecule has 1 aromatic heterocycles. The third kappa shape index (κ3) is 4.71. The van der Waals surface area contributed by atoms with Gasteiger partial charge in [-0.15, -0.1) is 0 Å². The zero-order valence-corrected chi connectivity index (χ0v) is 16.1. The highest BCUT2D eigenvalue weighted by Crippen LogP contribution is 2.29. The second-order valence-electron chi connectivity index (χ2n) is 5.54. The maximum absolute atomic E-state index is 14.1. The van der Waals surface area contributed by atoms with Gasteiger partial charge in [0.1, 0.15) is 11.6 Å². The Morgan fingerprint density at radius 3 is 2.67 bits per heavy atom. The fourth-order valence-corrected chi connectivity index (χ4v) is 2.98. The zero-order chi connectivity index (χ0) is 19.4. The summed E-state index contributed by atoms with van der Waals surface area (Å²) in [5.74, 6) is -1.32. The summed E-state index contributed by atoms with van der Waals surface area (Å²) >= 11 is 17.4. The summed E-state index contributed by atoms with van der Waals surface area (Å²) in [6.07, 6.45) is 1.55. The van der Waals surface area contributed by atoms with E-state index in [0.717, 1.165) is 6.07 Å². The molecule has 3 rings (SSSR count). The topological polar surface area (TPSA) is 37.0 Å². The maximum Gasteiger partial charge on any atom is 0.171 e. The van der Waals surface area contributed by atoms with Gasteiger partial charge in [0.2, 0.25) is 0 Å². The van der Waals surface area contributed by atoms with E-state index in [4.69, 9.17) is 35.4 Å². The molecule has 0 aliphatic carbocycles. The molecule has 0 amide bonds. The second kappa shape index (κ2) is 8.61. The molecular formula is C19H13Cl2F2N3S. The smallest absolute Gasteiger partial charge is 0.171 e. The van der Waals surface area contributed by atoms with Crippen LogP contribution < -0.4 is 10.6 Å². The van der Waals surface area contributed by atoms with E-state index in [9.17, 15) is 8.78 Å². The summed E-state index contributed by atoms with van der Waals surface area (Å²) in [6.45, 7) is 0.282. The van der Waals surface area contributed by atoms with Gasteiger partial charge in [-0.25, -0.2) is 8.78 Å². The lowest BCUT2D eigenvalue weighted by atomic mass is 10.1. The van der Waals surface area contributed by atoms with Crippen molar-refractivity contribution in [2.45, 2.75) is 6.54 Å². The van der Waals surface area contributed by atoms with Crippen molar-refractivity contribution in [2.75, 3.05) is 5.32 Å². The molecule has 0 unspecified atom stereocenters. The van der Waals surface area contributed by atoms with Gasteiger partial charge in [0, 0.05) is 24.4 Å². The Bertz CT molecular complexity index is 998. The molecule has 27 heavy (non-hydrogen) atoms. The number of pyridine rings is 1. The standard InChI is InChI=1S/C19H13Cl2F2N3S/c20-14-4-1-5-16(17(14)21)26-19(27)25-10-11-3-2-8-24-18(11)13-7-6-12(22)9-15(13)23/h1-9H,10H2,(H2,25,26,27). The van der Waals surface area contributed by atoms with Crippen LogP contribution in [0, 0.1) is 11.6 Å². The van der Waals surface area contributed by atoms with E-state index in [-0.39, 0.29) is 12.1 Å². The van der Waals surface area contributed by atoms with Gasteiger partial charge in [-0.3, -0.25) is 4.98 Å². The molecule has 138 valence electrons. The van der Waals surface area contributed by atoms with Crippen molar-refractivity contribution in [2.24, 2.45) is 0 Å². The third-order valence-electron chi connectivity index (χ3n) is 3.72. The molecule has 0 saturated heterocycles. The molecule has 0 aliphatic rings. The number of nitrogens with one attached hydrogen (secondary N) is 2. The van der Waals surface area contributed by atoms with Gasteiger partial charge in [-0.2, -0.15) is 0 Å². The maximum atomic E-state index is 14.1. The highest BCUT2D eigenvalue weighted by Gasteiger charge is 2.13. The minimum Gasteiger partial charge on any atom is -0.358 e. The highest BCUT2D eigenvalue weighted by atomic mass is 35.5. The van der Waals surface area contributed by atoms with E-state index in [1.807, 2.05) is 0 Å². The Morgan fingerprint density at radius 1 is 1.07 bits per heavy atom. The van der Waals surface area contributed by atoms with E-state index in [0.29, 0.717) is 32.1 Å². The van der Waals surface area contributed by atoms with Gasteiger partial charge in [0.05, 0.1) is 21.4 Å². The van der Waals surface area contributed by atoms with Crippen molar-refractivity contribution in [3.63, 3.8) is 0 Å². The quantitative estimate of drug-likeness (QED) is 0.518. The van der Waals surface area contributed by atoms with E-state index in [2.05, 4.69) is 15.6 Å². The molecule has 0 bridgehead atoms. The number of hydrogen-bond donors (Lipinski definition) is 2. The summed E-state index contributed by atoms with van der Waals surface area (Å²) in [5.41, 5.74) is 1.89. The van der Waals surface area contributed by atoms with Crippen molar-refractivity contribution in [1.82, 2.24) is 10.3 Å². The first-order chi connectivity index (χ1) is 13.0. The molecule has 2 aromatic carbocycles. The lowest BCUT2D eigenvalue weighted by Crippen LogP contribution is -2.28. The number of nitrogens with zero attached hydrogens (tertiary/aromatic N) is 1. The molecule has 0 aliphatic heterocycles. The van der Waals surface area contributed by atoms with Crippen molar-refractivity contribution in [3.05, 3.63) is 82.0 Å². The second-order valence-corrected chi connectivity index (χ2v) is 6.74. The minimum absolute atomic E-state index is 0.213. The van der Waals surface area contributed by atoms with Crippen LogP contribution in [0.15, 0.2) is 54.7 Å². The molecule has 0 fully saturated rings. The predicted octanol–water partition coefficient (Wildman–Crippen LogP) is 5.82. The Morgan fingerprint density at radius 2 is 1.89 bits per heavy atom. The molecule has 3 aromatic rings. The molecule has 3 nitrogen and oxygen atoms in total. The lowest BCUT2D eigenvalue weighted by Gasteiger charge is -2.14. The van der Waals surface area contributed by atoms with Gasteiger partial charge in [0.15, 0.2) is 5.11 Å². The Hall–Kier alpha value is -2.28. The third-order valence-corrected chi connectivity index (χ3v) is 4.78. The molecule has 0 spiro atoms. The molecule has 8 heteroatoms. The monoisotopic (exact) mass is 423 g/mol. The fourth-order valence-electron chi connectivity index (χ4n) is 2.45. The highest BCUT2D eigenvalue weighted by molar-refractivity contribution is 7.80. The average molecular weight is 424 g/mol. The van der Waals surface area contributed by atoms with Gasteiger partial charge in [-0.1, -0.05) is 35.3 Å². The van der Waals surface area contributed by atoms with Gasteiger partial charge >= 0.3 is 0 Å². The van der Waals surface area contributed by atoms with Gasteiger partial charge in [0.25, 0.3) is 0 Å². The Kier molecular flexibility index (Phi) is 6.21. The molecule has 0 atom stereocenters. The van der Waals surface area contributed by atoms with Crippen molar-refractivity contribution >= 4 is 46.2 Å². The van der Waals surface area contributed by atoms with Gasteiger partial charge < -0.3 is 10.6 Å². The summed E-state index contributed by atoms with van der Waals surface area (Å²) in [5, 5.41) is 7.06. The van der Waals surface area contributed by atoms with E-state index < -0.39 is 11.6 Å². The van der Waals surface area contributed by atoms with Crippen LogP contribution in [0.25, 0.3) is 11.3 Å². The Labute approximate surface area is 170 Å². The molecule has 0 radical (unpaired) electrons. The summed E-state index contributed by atoms with van der Waals surface area (Å²) in [6, 6.07) is 12.1. The van der Waals surface area contributed by atoms with Crippen LogP contribution in [0.5, 0.6) is 0 Å². The largest absolute Gasteiger partial charge is 0.358 e. The first-order valence-corrected chi connectivity index (χ1v) is 9.00. The normalized spacial score (nSPS) is 10.5. The fraction of sp³-hybridized carbons (Fsp3) is 0.0526. The Balaban J connectivity index is 1.75. The molecule has 2 N–H and O–H groups in total.